The standard InChI is InChI=1S/C16H23NO2/c1-4-5-14-11-17(8-9-19-14)16(18)15-7-6-12(2)10-13(15)3/h6-7,10,14H,4-5,8-9,11H2,1-3H3. The number of morpholine rings is 1. The number of rotatable bonds is 3. The summed E-state index contributed by atoms with van der Waals surface area (Å²) in [5, 5.41) is 0. The first-order valence-corrected chi connectivity index (χ1v) is 7.10. The first-order chi connectivity index (χ1) is 9.11. The smallest absolute Gasteiger partial charge is 0.254 e. The number of aryl methyl sites for hydroxylation is 2. The maximum atomic E-state index is 12.6. The third-order valence-electron chi connectivity index (χ3n) is 3.65. The predicted octanol–water partition coefficient (Wildman–Crippen LogP) is 2.94. The van der Waals surface area contributed by atoms with Crippen LogP contribution >= 0.6 is 0 Å². The lowest BCUT2D eigenvalue weighted by molar-refractivity contribution is -0.0250. The minimum absolute atomic E-state index is 0.141. The molecule has 0 N–H and O–H groups in total. The van der Waals surface area contributed by atoms with Crippen molar-refractivity contribution in [2.24, 2.45) is 0 Å². The largest absolute Gasteiger partial charge is 0.375 e. The van der Waals surface area contributed by atoms with Crippen molar-refractivity contribution in [1.82, 2.24) is 4.90 Å². The van der Waals surface area contributed by atoms with E-state index in [-0.39, 0.29) is 12.0 Å². The number of carbonyl (C=O) groups is 1. The molecule has 1 aromatic carbocycles. The highest BCUT2D eigenvalue weighted by Gasteiger charge is 2.25. The average molecular weight is 261 g/mol. The summed E-state index contributed by atoms with van der Waals surface area (Å²) in [5.41, 5.74) is 3.08. The van der Waals surface area contributed by atoms with Gasteiger partial charge in [0.05, 0.1) is 12.7 Å². The molecule has 104 valence electrons. The summed E-state index contributed by atoms with van der Waals surface area (Å²) in [7, 11) is 0. The molecule has 0 radical (unpaired) electrons. The van der Waals surface area contributed by atoms with Crippen molar-refractivity contribution in [3.63, 3.8) is 0 Å². The molecule has 3 heteroatoms. The maximum absolute atomic E-state index is 12.6. The summed E-state index contributed by atoms with van der Waals surface area (Å²) < 4.78 is 5.69. The molecule has 0 saturated carbocycles. The molecule has 0 bridgehead atoms. The summed E-state index contributed by atoms with van der Waals surface area (Å²) >= 11 is 0. The number of nitrogens with zero attached hydrogens (tertiary/aromatic N) is 1. The van der Waals surface area contributed by atoms with Crippen molar-refractivity contribution in [2.45, 2.75) is 39.7 Å². The maximum Gasteiger partial charge on any atom is 0.254 e. The Hall–Kier alpha value is -1.35. The van der Waals surface area contributed by atoms with E-state index in [2.05, 4.69) is 13.0 Å². The van der Waals surface area contributed by atoms with E-state index in [1.165, 1.54) is 5.56 Å². The highest BCUT2D eigenvalue weighted by Crippen LogP contribution is 2.17. The van der Waals surface area contributed by atoms with Gasteiger partial charge < -0.3 is 9.64 Å². The normalized spacial score (nSPS) is 19.5. The number of benzene rings is 1. The van der Waals surface area contributed by atoms with Gasteiger partial charge in [0, 0.05) is 18.7 Å². The van der Waals surface area contributed by atoms with Gasteiger partial charge in [0.1, 0.15) is 0 Å². The fraction of sp³-hybridized carbons (Fsp3) is 0.562. The Labute approximate surface area is 115 Å². The van der Waals surface area contributed by atoms with Gasteiger partial charge in [0.15, 0.2) is 0 Å². The van der Waals surface area contributed by atoms with Crippen molar-refractivity contribution >= 4 is 5.91 Å². The Bertz CT molecular complexity index is 454. The van der Waals surface area contributed by atoms with Gasteiger partial charge in [-0.25, -0.2) is 0 Å². The van der Waals surface area contributed by atoms with Gasteiger partial charge in [-0.15, -0.1) is 0 Å². The lowest BCUT2D eigenvalue weighted by atomic mass is 10.0. The van der Waals surface area contributed by atoms with Crippen LogP contribution in [-0.2, 0) is 4.74 Å². The Morgan fingerprint density at radius 2 is 2.21 bits per heavy atom. The zero-order valence-corrected chi connectivity index (χ0v) is 12.1. The van der Waals surface area contributed by atoms with Gasteiger partial charge in [0.2, 0.25) is 0 Å². The lowest BCUT2D eigenvalue weighted by Gasteiger charge is -2.33. The molecule has 1 amide bonds. The average Bonchev–Trinajstić information content (AvgIpc) is 2.39. The lowest BCUT2D eigenvalue weighted by Crippen LogP contribution is -2.45. The summed E-state index contributed by atoms with van der Waals surface area (Å²) in [6.07, 6.45) is 2.32. The SMILES string of the molecule is CCCC1CN(C(=O)c2ccc(C)cc2C)CCO1. The van der Waals surface area contributed by atoms with Gasteiger partial charge in [0.25, 0.3) is 5.91 Å². The summed E-state index contributed by atoms with van der Waals surface area (Å²) in [5.74, 6) is 0.141. The molecule has 0 aliphatic carbocycles. The Morgan fingerprint density at radius 3 is 2.89 bits per heavy atom. The molecule has 1 saturated heterocycles. The first-order valence-electron chi connectivity index (χ1n) is 7.10. The van der Waals surface area contributed by atoms with Crippen LogP contribution in [0.1, 0.15) is 41.3 Å². The second kappa shape index (κ2) is 6.20. The van der Waals surface area contributed by atoms with E-state index in [0.717, 1.165) is 30.5 Å². The molecule has 1 aliphatic rings. The van der Waals surface area contributed by atoms with Crippen molar-refractivity contribution in [3.8, 4) is 0 Å². The van der Waals surface area contributed by atoms with Crippen LogP contribution in [0.5, 0.6) is 0 Å². The molecule has 3 nitrogen and oxygen atoms in total. The molecule has 2 rings (SSSR count). The van der Waals surface area contributed by atoms with Crippen molar-refractivity contribution < 1.29 is 9.53 Å². The summed E-state index contributed by atoms with van der Waals surface area (Å²) in [6, 6.07) is 6.01. The molecular formula is C16H23NO2. The van der Waals surface area contributed by atoms with Crippen molar-refractivity contribution in [2.75, 3.05) is 19.7 Å². The Morgan fingerprint density at radius 1 is 1.42 bits per heavy atom. The van der Waals surface area contributed by atoms with Gasteiger partial charge in [-0.1, -0.05) is 31.0 Å². The van der Waals surface area contributed by atoms with E-state index in [4.69, 9.17) is 4.74 Å². The second-order valence-corrected chi connectivity index (χ2v) is 5.35. The number of carbonyl (C=O) groups excluding carboxylic acids is 1. The first kappa shape index (κ1) is 14.1. The minimum Gasteiger partial charge on any atom is -0.375 e. The fourth-order valence-electron chi connectivity index (χ4n) is 2.62. The topological polar surface area (TPSA) is 29.5 Å². The fourth-order valence-corrected chi connectivity index (χ4v) is 2.62. The van der Waals surface area contributed by atoms with Gasteiger partial charge >= 0.3 is 0 Å². The molecule has 1 unspecified atom stereocenters. The second-order valence-electron chi connectivity index (χ2n) is 5.35. The zero-order chi connectivity index (χ0) is 13.8. The van der Waals surface area contributed by atoms with Crippen molar-refractivity contribution in [1.29, 1.82) is 0 Å². The van der Waals surface area contributed by atoms with E-state index in [0.29, 0.717) is 13.2 Å². The minimum atomic E-state index is 0.141. The molecule has 1 fully saturated rings. The summed E-state index contributed by atoms with van der Waals surface area (Å²) in [4.78, 5) is 14.5. The van der Waals surface area contributed by atoms with Gasteiger partial charge in [-0.05, 0) is 31.9 Å². The molecule has 0 aromatic heterocycles. The molecule has 19 heavy (non-hydrogen) atoms. The van der Waals surface area contributed by atoms with Crippen LogP contribution < -0.4 is 0 Å². The highest BCUT2D eigenvalue weighted by atomic mass is 16.5. The number of hydrogen-bond donors (Lipinski definition) is 0. The van der Waals surface area contributed by atoms with E-state index in [1.807, 2.05) is 30.9 Å². The number of amides is 1. The molecular weight excluding hydrogens is 238 g/mol. The van der Waals surface area contributed by atoms with Gasteiger partial charge in [-0.2, -0.15) is 0 Å². The third-order valence-corrected chi connectivity index (χ3v) is 3.65. The van der Waals surface area contributed by atoms with Crippen LogP contribution in [0.25, 0.3) is 0 Å². The van der Waals surface area contributed by atoms with E-state index in [9.17, 15) is 4.79 Å². The quantitative estimate of drug-likeness (QED) is 0.837. The summed E-state index contributed by atoms with van der Waals surface area (Å²) in [6.45, 7) is 8.28. The van der Waals surface area contributed by atoms with E-state index >= 15 is 0 Å². The van der Waals surface area contributed by atoms with Crippen LogP contribution in [0.3, 0.4) is 0 Å². The molecule has 1 aromatic rings. The van der Waals surface area contributed by atoms with Crippen molar-refractivity contribution in [3.05, 3.63) is 34.9 Å². The van der Waals surface area contributed by atoms with E-state index < -0.39 is 0 Å². The van der Waals surface area contributed by atoms with Crippen LogP contribution in [0.4, 0.5) is 0 Å². The molecule has 1 heterocycles. The molecule has 1 aliphatic heterocycles. The van der Waals surface area contributed by atoms with Crippen LogP contribution in [0.15, 0.2) is 18.2 Å². The molecule has 0 spiro atoms. The van der Waals surface area contributed by atoms with Crippen LogP contribution in [0.2, 0.25) is 0 Å². The molecule has 1 atom stereocenters. The monoisotopic (exact) mass is 261 g/mol. The zero-order valence-electron chi connectivity index (χ0n) is 12.1. The third kappa shape index (κ3) is 3.35. The number of ether oxygens (including phenoxy) is 1. The Balaban J connectivity index is 2.10. The van der Waals surface area contributed by atoms with E-state index in [1.54, 1.807) is 0 Å². The highest BCUT2D eigenvalue weighted by molar-refractivity contribution is 5.95. The predicted molar refractivity (Wildman–Crippen MR) is 76.5 cm³/mol. The van der Waals surface area contributed by atoms with Crippen LogP contribution in [-0.4, -0.2) is 36.6 Å². The number of hydrogen-bond acceptors (Lipinski definition) is 2. The van der Waals surface area contributed by atoms with Crippen LogP contribution in [0, 0.1) is 13.8 Å². The van der Waals surface area contributed by atoms with Gasteiger partial charge in [-0.3, -0.25) is 4.79 Å². The Kier molecular flexibility index (Phi) is 4.59.